The largest absolute Gasteiger partial charge is 0.301 e. The van der Waals surface area contributed by atoms with E-state index >= 15 is 0 Å². The predicted octanol–water partition coefficient (Wildman–Crippen LogP) is 8.18. The SMILES string of the molecule is Cc1cc2c(ccc3c4ccccc4ccc23)c(-c2[c-]c3c4c(c2)CCc2cccc(c2-4)CC3)n1.[Ir]. The number of hydrogen-bond acceptors (Lipinski definition) is 1. The molecule has 0 N–H and O–H groups in total. The van der Waals surface area contributed by atoms with Crippen molar-refractivity contribution in [2.24, 2.45) is 0 Å². The maximum Gasteiger partial charge on any atom is 0.0272 e. The zero-order valence-corrected chi connectivity index (χ0v) is 22.5. The molecule has 1 heterocycles. The normalized spacial score (nSPS) is 13.6. The smallest absolute Gasteiger partial charge is 0.0272 e. The van der Waals surface area contributed by atoms with Gasteiger partial charge in [-0.1, -0.05) is 77.9 Å². The van der Waals surface area contributed by atoms with Gasteiger partial charge in [0.05, 0.1) is 0 Å². The van der Waals surface area contributed by atoms with Gasteiger partial charge in [0, 0.05) is 25.8 Å². The van der Waals surface area contributed by atoms with Crippen LogP contribution in [0, 0.1) is 13.0 Å². The van der Waals surface area contributed by atoms with E-state index < -0.39 is 0 Å². The molecule has 175 valence electrons. The van der Waals surface area contributed by atoms with Gasteiger partial charge in [-0.25, -0.2) is 0 Å². The molecule has 2 heteroatoms. The van der Waals surface area contributed by atoms with Crippen molar-refractivity contribution in [2.45, 2.75) is 32.6 Å². The Balaban J connectivity index is 0.00000220. The standard InChI is InChI=1S/C34H24N.Ir/c1-20-17-31-29-14-13-21-5-2-3-8-27(21)28(29)15-16-30(31)34(35-20)26-18-24-11-9-22-6-4-7-23-10-12-25(19-26)33(24)32(22)23;/h2-8,13-18H,9-12H2,1H3;/q-1;. The van der Waals surface area contributed by atoms with E-state index in [1.165, 1.54) is 65.7 Å². The average Bonchev–Trinajstić information content (AvgIpc) is 2.90. The van der Waals surface area contributed by atoms with Gasteiger partial charge in [0.2, 0.25) is 0 Å². The first-order valence-electron chi connectivity index (χ1n) is 12.7. The van der Waals surface area contributed by atoms with Crippen molar-refractivity contribution in [2.75, 3.05) is 0 Å². The molecule has 1 nitrogen and oxygen atoms in total. The van der Waals surface area contributed by atoms with Crippen LogP contribution in [-0.2, 0) is 45.8 Å². The van der Waals surface area contributed by atoms with E-state index in [0.29, 0.717) is 0 Å². The molecule has 36 heavy (non-hydrogen) atoms. The molecule has 0 fully saturated rings. The van der Waals surface area contributed by atoms with E-state index in [4.69, 9.17) is 4.98 Å². The number of benzene rings is 5. The van der Waals surface area contributed by atoms with Crippen molar-refractivity contribution in [1.29, 1.82) is 0 Å². The second kappa shape index (κ2) is 8.10. The minimum Gasteiger partial charge on any atom is -0.301 e. The van der Waals surface area contributed by atoms with Crippen LogP contribution in [0.1, 0.15) is 27.9 Å². The number of pyridine rings is 1. The van der Waals surface area contributed by atoms with Crippen LogP contribution in [0.2, 0.25) is 0 Å². The van der Waals surface area contributed by atoms with Gasteiger partial charge in [-0.3, -0.25) is 0 Å². The second-order valence-corrected chi connectivity index (χ2v) is 10.2. The first kappa shape index (κ1) is 21.9. The van der Waals surface area contributed by atoms with Crippen LogP contribution in [0.4, 0.5) is 0 Å². The van der Waals surface area contributed by atoms with E-state index in [-0.39, 0.29) is 20.1 Å². The molecule has 0 atom stereocenters. The van der Waals surface area contributed by atoms with E-state index in [2.05, 4.69) is 91.9 Å². The first-order valence-corrected chi connectivity index (χ1v) is 12.7. The molecule has 0 spiro atoms. The summed E-state index contributed by atoms with van der Waals surface area (Å²) in [6.07, 6.45) is 4.39. The van der Waals surface area contributed by atoms with Gasteiger partial charge >= 0.3 is 0 Å². The van der Waals surface area contributed by atoms with Crippen LogP contribution in [-0.4, -0.2) is 4.98 Å². The van der Waals surface area contributed by atoms with Crippen LogP contribution >= 0.6 is 0 Å². The van der Waals surface area contributed by atoms with Gasteiger partial charge in [-0.05, 0) is 87.8 Å². The molecule has 0 amide bonds. The molecule has 0 aliphatic heterocycles. The monoisotopic (exact) mass is 639 g/mol. The van der Waals surface area contributed by atoms with E-state index in [1.54, 1.807) is 0 Å². The number of aryl methyl sites for hydroxylation is 5. The molecule has 0 unspecified atom stereocenters. The zero-order chi connectivity index (χ0) is 23.1. The van der Waals surface area contributed by atoms with Gasteiger partial charge in [0.1, 0.15) is 0 Å². The molecular formula is C34H24IrN-. The molecule has 1 aromatic heterocycles. The number of hydrogen-bond donors (Lipinski definition) is 0. The van der Waals surface area contributed by atoms with Crippen molar-refractivity contribution in [3.8, 4) is 22.4 Å². The number of aromatic nitrogens is 1. The topological polar surface area (TPSA) is 12.9 Å². The summed E-state index contributed by atoms with van der Waals surface area (Å²) in [7, 11) is 0. The third-order valence-corrected chi connectivity index (χ3v) is 8.14. The molecule has 0 bridgehead atoms. The summed E-state index contributed by atoms with van der Waals surface area (Å²) in [5.74, 6) is 0. The predicted molar refractivity (Wildman–Crippen MR) is 146 cm³/mol. The Morgan fingerprint density at radius 1 is 0.611 bits per heavy atom. The van der Waals surface area contributed by atoms with E-state index in [0.717, 1.165) is 42.6 Å². The van der Waals surface area contributed by atoms with Gasteiger partial charge in [0.25, 0.3) is 0 Å². The van der Waals surface area contributed by atoms with Crippen LogP contribution < -0.4 is 0 Å². The Labute approximate surface area is 224 Å². The summed E-state index contributed by atoms with van der Waals surface area (Å²) in [4.78, 5) is 5.09. The average molecular weight is 639 g/mol. The fourth-order valence-corrected chi connectivity index (χ4v) is 6.60. The van der Waals surface area contributed by atoms with Crippen molar-refractivity contribution >= 4 is 32.3 Å². The summed E-state index contributed by atoms with van der Waals surface area (Å²) in [5, 5.41) is 7.69. The maximum atomic E-state index is 5.09. The summed E-state index contributed by atoms with van der Waals surface area (Å²) in [5.41, 5.74) is 12.1. The summed E-state index contributed by atoms with van der Waals surface area (Å²) >= 11 is 0. The number of fused-ring (bicyclic) bond motifs is 5. The fourth-order valence-electron chi connectivity index (χ4n) is 6.60. The Kier molecular flexibility index (Phi) is 4.93. The van der Waals surface area contributed by atoms with Crippen LogP contribution in [0.25, 0.3) is 54.7 Å². The third kappa shape index (κ3) is 3.08. The van der Waals surface area contributed by atoms with Gasteiger partial charge in [0.15, 0.2) is 0 Å². The Bertz CT molecular complexity index is 1820. The van der Waals surface area contributed by atoms with Gasteiger partial charge in [-0.15, -0.1) is 28.8 Å². The Hall–Kier alpha value is -3.32. The summed E-state index contributed by atoms with van der Waals surface area (Å²) in [6, 6.07) is 33.1. The second-order valence-electron chi connectivity index (χ2n) is 10.2. The number of rotatable bonds is 1. The molecule has 0 saturated carbocycles. The molecule has 5 aromatic carbocycles. The molecule has 2 aliphatic rings. The molecule has 2 aliphatic carbocycles. The van der Waals surface area contributed by atoms with Crippen LogP contribution in [0.5, 0.6) is 0 Å². The molecular weight excluding hydrogens is 615 g/mol. The van der Waals surface area contributed by atoms with E-state index in [9.17, 15) is 0 Å². The van der Waals surface area contributed by atoms with Crippen molar-refractivity contribution in [1.82, 2.24) is 4.98 Å². The van der Waals surface area contributed by atoms with E-state index in [1.807, 2.05) is 0 Å². The van der Waals surface area contributed by atoms with Crippen molar-refractivity contribution in [3.05, 3.63) is 113 Å². The van der Waals surface area contributed by atoms with Crippen molar-refractivity contribution in [3.63, 3.8) is 0 Å². The minimum atomic E-state index is 0. The zero-order valence-electron chi connectivity index (χ0n) is 20.1. The first-order chi connectivity index (χ1) is 17.2. The molecule has 8 rings (SSSR count). The summed E-state index contributed by atoms with van der Waals surface area (Å²) in [6.45, 7) is 2.12. The quantitative estimate of drug-likeness (QED) is 0.131. The third-order valence-electron chi connectivity index (χ3n) is 8.14. The Morgan fingerprint density at radius 3 is 2.22 bits per heavy atom. The molecule has 0 saturated heterocycles. The minimum absolute atomic E-state index is 0. The van der Waals surface area contributed by atoms with Gasteiger partial charge in [-0.2, -0.15) is 0 Å². The van der Waals surface area contributed by atoms with Crippen molar-refractivity contribution < 1.29 is 20.1 Å². The number of nitrogens with zero attached hydrogens (tertiary/aromatic N) is 1. The fraction of sp³-hybridized carbons (Fsp3) is 0.147. The van der Waals surface area contributed by atoms with Crippen LogP contribution in [0.3, 0.4) is 0 Å². The molecule has 6 aromatic rings. The Morgan fingerprint density at radius 2 is 1.33 bits per heavy atom. The maximum absolute atomic E-state index is 5.09. The van der Waals surface area contributed by atoms with Gasteiger partial charge < -0.3 is 4.98 Å². The van der Waals surface area contributed by atoms with Crippen LogP contribution in [0.15, 0.2) is 78.9 Å². The molecule has 1 radical (unpaired) electrons. The summed E-state index contributed by atoms with van der Waals surface area (Å²) < 4.78 is 0.